The molecule has 1 aliphatic heterocycles. The number of aryl methyl sites for hydroxylation is 1. The number of carbonyl (C=O) groups excluding carboxylic acids is 1. The van der Waals surface area contributed by atoms with Crippen LogP contribution in [0.4, 0.5) is 0 Å². The van der Waals surface area contributed by atoms with E-state index in [2.05, 4.69) is 4.98 Å². The second-order valence-corrected chi connectivity index (χ2v) is 8.77. The van der Waals surface area contributed by atoms with Crippen LogP contribution in [0.15, 0.2) is 69.4 Å². The Balaban J connectivity index is 1.57. The zero-order valence-corrected chi connectivity index (χ0v) is 17.9. The van der Waals surface area contributed by atoms with Gasteiger partial charge in [0.2, 0.25) is 0 Å². The lowest BCUT2D eigenvalue weighted by atomic mass is 9.98. The van der Waals surface area contributed by atoms with Crippen molar-refractivity contribution in [2.24, 2.45) is 5.10 Å². The van der Waals surface area contributed by atoms with Gasteiger partial charge in [-0.25, -0.2) is 9.99 Å². The van der Waals surface area contributed by atoms with Crippen molar-refractivity contribution >= 4 is 34.7 Å². The Morgan fingerprint density at radius 1 is 1.21 bits per heavy atom. The van der Waals surface area contributed by atoms with Gasteiger partial charge in [0, 0.05) is 17.5 Å². The number of methoxy groups -OCH3 is 1. The Morgan fingerprint density at radius 2 is 1.97 bits per heavy atom. The second kappa shape index (κ2) is 8.80. The fourth-order valence-corrected chi connectivity index (χ4v) is 4.92. The molecule has 1 unspecified atom stereocenters. The summed E-state index contributed by atoms with van der Waals surface area (Å²) in [6, 6.07) is 17.8. The zero-order chi connectivity index (χ0) is 20.2. The van der Waals surface area contributed by atoms with Crippen LogP contribution in [-0.2, 0) is 4.79 Å². The molecular formula is C22H21N3O2S2. The van der Waals surface area contributed by atoms with E-state index in [1.807, 2.05) is 66.9 Å². The van der Waals surface area contributed by atoms with Crippen molar-refractivity contribution in [1.82, 2.24) is 9.99 Å². The number of hydrogen-bond donors (Lipinski definition) is 0. The molecule has 29 heavy (non-hydrogen) atoms. The van der Waals surface area contributed by atoms with Crippen LogP contribution < -0.4 is 4.74 Å². The third-order valence-corrected chi connectivity index (χ3v) is 6.81. The Morgan fingerprint density at radius 3 is 2.62 bits per heavy atom. The van der Waals surface area contributed by atoms with Gasteiger partial charge < -0.3 is 4.74 Å². The molecule has 1 aromatic heterocycles. The number of hydrogen-bond acceptors (Lipinski definition) is 6. The Labute approximate surface area is 178 Å². The van der Waals surface area contributed by atoms with E-state index in [1.165, 1.54) is 11.8 Å². The summed E-state index contributed by atoms with van der Waals surface area (Å²) in [5.74, 6) is 1.09. The van der Waals surface area contributed by atoms with Crippen molar-refractivity contribution in [2.75, 3.05) is 12.9 Å². The third-order valence-electron chi connectivity index (χ3n) is 4.69. The van der Waals surface area contributed by atoms with Gasteiger partial charge >= 0.3 is 0 Å². The highest BCUT2D eigenvalue weighted by molar-refractivity contribution is 8.01. The summed E-state index contributed by atoms with van der Waals surface area (Å²) in [6.45, 7) is 1.96. The Bertz CT molecular complexity index is 1020. The number of nitrogens with zero attached hydrogens (tertiary/aromatic N) is 3. The smallest absolute Gasteiger partial charge is 0.253 e. The summed E-state index contributed by atoms with van der Waals surface area (Å²) in [4.78, 5) is 17.5. The normalized spacial score (nSPS) is 16.0. The third kappa shape index (κ3) is 4.52. The number of rotatable bonds is 6. The maximum absolute atomic E-state index is 13.1. The summed E-state index contributed by atoms with van der Waals surface area (Å²) in [5, 5.41) is 8.35. The fraction of sp³-hybridized carbons (Fsp3) is 0.227. The number of aromatic nitrogens is 1. The summed E-state index contributed by atoms with van der Waals surface area (Å²) in [6.07, 6.45) is 0.684. The van der Waals surface area contributed by atoms with Gasteiger partial charge in [0.15, 0.2) is 4.34 Å². The van der Waals surface area contributed by atoms with Crippen LogP contribution in [0.3, 0.4) is 0 Å². The number of thiazole rings is 1. The van der Waals surface area contributed by atoms with Gasteiger partial charge in [0.05, 0.1) is 24.6 Å². The minimum absolute atomic E-state index is 0.0189. The van der Waals surface area contributed by atoms with E-state index in [1.54, 1.807) is 23.5 Å². The van der Waals surface area contributed by atoms with Crippen molar-refractivity contribution < 1.29 is 9.53 Å². The number of thioether (sulfide) groups is 1. The van der Waals surface area contributed by atoms with Crippen LogP contribution in [0.5, 0.6) is 5.75 Å². The lowest BCUT2D eigenvalue weighted by Gasteiger charge is -2.22. The number of hydrazone groups is 1. The number of amides is 1. The van der Waals surface area contributed by atoms with Crippen LogP contribution >= 0.6 is 23.1 Å². The molecule has 0 saturated heterocycles. The molecule has 0 fully saturated rings. The number of ether oxygens (including phenoxy) is 1. The van der Waals surface area contributed by atoms with Gasteiger partial charge in [-0.15, -0.1) is 11.3 Å². The number of carbonyl (C=O) groups is 1. The molecule has 2 heterocycles. The highest BCUT2D eigenvalue weighted by atomic mass is 32.2. The lowest BCUT2D eigenvalue weighted by Crippen LogP contribution is -2.28. The van der Waals surface area contributed by atoms with Crippen molar-refractivity contribution in [1.29, 1.82) is 0 Å². The molecular weight excluding hydrogens is 402 g/mol. The summed E-state index contributed by atoms with van der Waals surface area (Å²) >= 11 is 3.03. The molecule has 5 nitrogen and oxygen atoms in total. The molecule has 7 heteroatoms. The highest BCUT2D eigenvalue weighted by Gasteiger charge is 2.33. The predicted molar refractivity (Wildman–Crippen MR) is 118 cm³/mol. The van der Waals surface area contributed by atoms with Crippen LogP contribution in [0.1, 0.15) is 29.3 Å². The van der Waals surface area contributed by atoms with E-state index in [0.29, 0.717) is 12.2 Å². The van der Waals surface area contributed by atoms with Crippen molar-refractivity contribution in [3.05, 3.63) is 76.8 Å². The quantitative estimate of drug-likeness (QED) is 0.528. The van der Waals surface area contributed by atoms with E-state index in [9.17, 15) is 4.79 Å². The Hall–Kier alpha value is -2.64. The molecule has 0 N–H and O–H groups in total. The second-order valence-electron chi connectivity index (χ2n) is 6.69. The SMILES string of the molecule is COc1ccc(C2CC(c3ccccc3)=NN2C(=O)CSc2nc(C)cs2)cc1. The zero-order valence-electron chi connectivity index (χ0n) is 16.2. The first kappa shape index (κ1) is 19.7. The first-order valence-corrected chi connectivity index (χ1v) is 11.1. The summed E-state index contributed by atoms with van der Waals surface area (Å²) in [7, 11) is 1.65. The molecule has 1 aliphatic rings. The van der Waals surface area contributed by atoms with Gasteiger partial charge in [-0.05, 0) is 30.2 Å². The predicted octanol–water partition coefficient (Wildman–Crippen LogP) is 4.93. The first-order valence-electron chi connectivity index (χ1n) is 9.28. The van der Waals surface area contributed by atoms with E-state index in [0.717, 1.165) is 32.6 Å². The fourth-order valence-electron chi connectivity index (χ4n) is 3.22. The topological polar surface area (TPSA) is 54.8 Å². The molecule has 4 rings (SSSR count). The summed E-state index contributed by atoms with van der Waals surface area (Å²) in [5.41, 5.74) is 4.00. The van der Waals surface area contributed by atoms with Gasteiger partial charge in [0.1, 0.15) is 5.75 Å². The molecule has 0 spiro atoms. The monoisotopic (exact) mass is 423 g/mol. The lowest BCUT2D eigenvalue weighted by molar-refractivity contribution is -0.130. The highest BCUT2D eigenvalue weighted by Crippen LogP contribution is 2.34. The maximum Gasteiger partial charge on any atom is 0.253 e. The van der Waals surface area contributed by atoms with Gasteiger partial charge in [-0.2, -0.15) is 5.10 Å². The molecule has 3 aromatic rings. The van der Waals surface area contributed by atoms with E-state index in [-0.39, 0.29) is 11.9 Å². The van der Waals surface area contributed by atoms with E-state index in [4.69, 9.17) is 9.84 Å². The minimum Gasteiger partial charge on any atom is -0.497 e. The van der Waals surface area contributed by atoms with Crippen LogP contribution in [0.25, 0.3) is 0 Å². The van der Waals surface area contributed by atoms with Gasteiger partial charge in [0.25, 0.3) is 5.91 Å². The largest absolute Gasteiger partial charge is 0.497 e. The minimum atomic E-state index is -0.123. The molecule has 2 aromatic carbocycles. The average molecular weight is 424 g/mol. The molecule has 148 valence electrons. The molecule has 0 aliphatic carbocycles. The molecule has 1 amide bonds. The molecule has 0 bridgehead atoms. The average Bonchev–Trinajstić information content (AvgIpc) is 3.39. The van der Waals surface area contributed by atoms with Crippen LogP contribution in [0, 0.1) is 6.92 Å². The van der Waals surface area contributed by atoms with E-state index >= 15 is 0 Å². The van der Waals surface area contributed by atoms with Crippen LogP contribution in [0.2, 0.25) is 0 Å². The van der Waals surface area contributed by atoms with E-state index < -0.39 is 0 Å². The number of benzene rings is 2. The van der Waals surface area contributed by atoms with Crippen LogP contribution in [-0.4, -0.2) is 34.5 Å². The summed E-state index contributed by atoms with van der Waals surface area (Å²) < 4.78 is 6.17. The van der Waals surface area contributed by atoms with Crippen molar-refractivity contribution in [2.45, 2.75) is 23.7 Å². The van der Waals surface area contributed by atoms with Gasteiger partial charge in [-0.1, -0.05) is 54.2 Å². The maximum atomic E-state index is 13.1. The Kier molecular flexibility index (Phi) is 5.97. The molecule has 1 atom stereocenters. The van der Waals surface area contributed by atoms with Crippen molar-refractivity contribution in [3.63, 3.8) is 0 Å². The van der Waals surface area contributed by atoms with Gasteiger partial charge in [-0.3, -0.25) is 4.79 Å². The molecule has 0 saturated carbocycles. The molecule has 0 radical (unpaired) electrons. The van der Waals surface area contributed by atoms with Crippen molar-refractivity contribution in [3.8, 4) is 5.75 Å². The first-order chi connectivity index (χ1) is 14.1. The standard InChI is InChI=1S/C22H21N3O2S2/c1-15-13-28-22(23-15)29-14-21(26)25-20(17-8-10-18(27-2)11-9-17)12-19(24-25)16-6-4-3-5-7-16/h3-11,13,20H,12,14H2,1-2H3.